The van der Waals surface area contributed by atoms with E-state index in [-0.39, 0.29) is 17.5 Å². The van der Waals surface area contributed by atoms with Crippen LogP contribution in [0.1, 0.15) is 20.8 Å². The Morgan fingerprint density at radius 3 is 2.50 bits per heavy atom. The lowest BCUT2D eigenvalue weighted by Crippen LogP contribution is -2.47. The van der Waals surface area contributed by atoms with Crippen molar-refractivity contribution in [1.82, 2.24) is 24.6 Å². The first-order valence-electron chi connectivity index (χ1n) is 8.55. The first kappa shape index (κ1) is 17.7. The third-order valence-electron chi connectivity index (χ3n) is 4.20. The zero-order chi connectivity index (χ0) is 18.6. The van der Waals surface area contributed by atoms with E-state index in [1.165, 1.54) is 0 Å². The molecule has 1 atom stereocenters. The van der Waals surface area contributed by atoms with Gasteiger partial charge in [0.05, 0.1) is 18.1 Å². The van der Waals surface area contributed by atoms with Crippen LogP contribution in [-0.2, 0) is 6.54 Å². The van der Waals surface area contributed by atoms with E-state index in [0.717, 1.165) is 11.4 Å². The van der Waals surface area contributed by atoms with Crippen LogP contribution in [0.4, 0.5) is 10.5 Å². The second-order valence-electron chi connectivity index (χ2n) is 7.27. The lowest BCUT2D eigenvalue weighted by Gasteiger charge is -2.31. The molecule has 7 heteroatoms. The summed E-state index contributed by atoms with van der Waals surface area (Å²) in [7, 11) is 0. The summed E-state index contributed by atoms with van der Waals surface area (Å²) in [5.74, 6) is 0. The van der Waals surface area contributed by atoms with Crippen LogP contribution in [0.5, 0.6) is 0 Å². The van der Waals surface area contributed by atoms with Crippen LogP contribution in [0.3, 0.4) is 0 Å². The Morgan fingerprint density at radius 1 is 1.15 bits per heavy atom. The van der Waals surface area contributed by atoms with Crippen molar-refractivity contribution in [3.63, 3.8) is 0 Å². The van der Waals surface area contributed by atoms with E-state index < -0.39 is 0 Å². The van der Waals surface area contributed by atoms with E-state index in [9.17, 15) is 4.79 Å². The molecule has 136 valence electrons. The number of rotatable bonds is 5. The smallest absolute Gasteiger partial charge is 0.319 e. The summed E-state index contributed by atoms with van der Waals surface area (Å²) in [5, 5.41) is 10.2. The summed E-state index contributed by atoms with van der Waals surface area (Å²) >= 11 is 0. The molecule has 1 unspecified atom stereocenters. The average Bonchev–Trinajstić information content (AvgIpc) is 3.28. The Hall–Kier alpha value is -3.09. The summed E-state index contributed by atoms with van der Waals surface area (Å²) in [6.45, 7) is 6.98. The van der Waals surface area contributed by atoms with Gasteiger partial charge in [-0.25, -0.2) is 14.5 Å². The molecule has 3 rings (SSSR count). The number of amides is 2. The topological polar surface area (TPSA) is 76.8 Å². The van der Waals surface area contributed by atoms with Gasteiger partial charge in [0.15, 0.2) is 0 Å². The van der Waals surface area contributed by atoms with Crippen LogP contribution in [0, 0.1) is 5.41 Å². The molecule has 0 spiro atoms. The minimum atomic E-state index is -0.225. The molecule has 0 aliphatic heterocycles. The van der Waals surface area contributed by atoms with Crippen molar-refractivity contribution in [3.05, 3.63) is 61.4 Å². The fourth-order valence-electron chi connectivity index (χ4n) is 2.59. The predicted octanol–water partition coefficient (Wildman–Crippen LogP) is 3.31. The van der Waals surface area contributed by atoms with Gasteiger partial charge in [-0.2, -0.15) is 5.10 Å². The van der Waals surface area contributed by atoms with Crippen LogP contribution >= 0.6 is 0 Å². The Balaban J connectivity index is 1.62. The second-order valence-corrected chi connectivity index (χ2v) is 7.27. The van der Waals surface area contributed by atoms with Crippen molar-refractivity contribution >= 4 is 11.7 Å². The number of nitrogens with zero attached hydrogens (tertiary/aromatic N) is 4. The molecule has 2 N–H and O–H groups in total. The SMILES string of the molecule is CC(C)(C)C(Cn1ccnc1)NC(=O)Nc1ccc(-n2cccn2)cc1. The monoisotopic (exact) mass is 352 g/mol. The van der Waals surface area contributed by atoms with Crippen molar-refractivity contribution in [3.8, 4) is 5.69 Å². The van der Waals surface area contributed by atoms with Crippen LogP contribution in [-0.4, -0.2) is 31.4 Å². The van der Waals surface area contributed by atoms with E-state index >= 15 is 0 Å². The molecule has 0 aliphatic rings. The molecule has 0 saturated carbocycles. The van der Waals surface area contributed by atoms with Crippen molar-refractivity contribution in [2.45, 2.75) is 33.4 Å². The van der Waals surface area contributed by atoms with Gasteiger partial charge in [0.25, 0.3) is 0 Å². The van der Waals surface area contributed by atoms with Crippen molar-refractivity contribution < 1.29 is 4.79 Å². The summed E-state index contributed by atoms with van der Waals surface area (Å²) in [6.07, 6.45) is 8.99. The summed E-state index contributed by atoms with van der Waals surface area (Å²) in [6, 6.07) is 9.14. The first-order chi connectivity index (χ1) is 12.4. The van der Waals surface area contributed by atoms with Crippen molar-refractivity contribution in [1.29, 1.82) is 0 Å². The largest absolute Gasteiger partial charge is 0.335 e. The lowest BCUT2D eigenvalue weighted by atomic mass is 9.86. The van der Waals surface area contributed by atoms with E-state index in [1.54, 1.807) is 23.4 Å². The number of carbonyl (C=O) groups excluding carboxylic acids is 1. The average molecular weight is 352 g/mol. The highest BCUT2D eigenvalue weighted by molar-refractivity contribution is 5.89. The van der Waals surface area contributed by atoms with Gasteiger partial charge < -0.3 is 15.2 Å². The third-order valence-corrected chi connectivity index (χ3v) is 4.20. The number of anilines is 1. The number of hydrogen-bond donors (Lipinski definition) is 2. The fourth-order valence-corrected chi connectivity index (χ4v) is 2.59. The summed E-state index contributed by atoms with van der Waals surface area (Å²) in [5.41, 5.74) is 1.58. The molecule has 0 fully saturated rings. The Bertz CT molecular complexity index is 816. The number of aromatic nitrogens is 4. The summed E-state index contributed by atoms with van der Waals surface area (Å²) < 4.78 is 3.74. The first-order valence-corrected chi connectivity index (χ1v) is 8.55. The van der Waals surface area contributed by atoms with Gasteiger partial charge in [0, 0.05) is 37.0 Å². The minimum absolute atomic E-state index is 0.0416. The van der Waals surface area contributed by atoms with Gasteiger partial charge in [-0.3, -0.25) is 0 Å². The van der Waals surface area contributed by atoms with E-state index in [2.05, 4.69) is 41.5 Å². The number of nitrogens with one attached hydrogen (secondary N) is 2. The molecule has 2 heterocycles. The molecule has 0 bridgehead atoms. The molecular weight excluding hydrogens is 328 g/mol. The predicted molar refractivity (Wildman–Crippen MR) is 101 cm³/mol. The lowest BCUT2D eigenvalue weighted by molar-refractivity contribution is 0.219. The van der Waals surface area contributed by atoms with Crippen LogP contribution in [0.2, 0.25) is 0 Å². The molecule has 2 amide bonds. The number of benzene rings is 1. The van der Waals surface area contributed by atoms with Gasteiger partial charge in [0.1, 0.15) is 0 Å². The third kappa shape index (κ3) is 4.50. The van der Waals surface area contributed by atoms with E-state index in [1.807, 2.05) is 47.3 Å². The molecule has 0 aliphatic carbocycles. The summed E-state index contributed by atoms with van der Waals surface area (Å²) in [4.78, 5) is 16.5. The van der Waals surface area contributed by atoms with E-state index in [0.29, 0.717) is 6.54 Å². The van der Waals surface area contributed by atoms with Gasteiger partial charge >= 0.3 is 6.03 Å². The van der Waals surface area contributed by atoms with Crippen LogP contribution in [0.25, 0.3) is 5.69 Å². The molecule has 1 aromatic carbocycles. The Morgan fingerprint density at radius 2 is 1.92 bits per heavy atom. The van der Waals surface area contributed by atoms with Gasteiger partial charge in [-0.15, -0.1) is 0 Å². The second kappa shape index (κ2) is 7.43. The number of hydrogen-bond acceptors (Lipinski definition) is 3. The van der Waals surface area contributed by atoms with Crippen LogP contribution < -0.4 is 10.6 Å². The standard InChI is InChI=1S/C19H24N6O/c1-19(2,3)17(13-24-12-10-20-14-24)23-18(26)22-15-5-7-16(8-6-15)25-11-4-9-21-25/h4-12,14,17H,13H2,1-3H3,(H2,22,23,26). The quantitative estimate of drug-likeness (QED) is 0.740. The van der Waals surface area contributed by atoms with Crippen LogP contribution in [0.15, 0.2) is 61.4 Å². The minimum Gasteiger partial charge on any atom is -0.335 e. The van der Waals surface area contributed by atoms with Gasteiger partial charge in [-0.1, -0.05) is 20.8 Å². The Kier molecular flexibility index (Phi) is 5.06. The zero-order valence-electron chi connectivity index (χ0n) is 15.3. The highest BCUT2D eigenvalue weighted by atomic mass is 16.2. The maximum Gasteiger partial charge on any atom is 0.319 e. The zero-order valence-corrected chi connectivity index (χ0v) is 15.3. The molecule has 7 nitrogen and oxygen atoms in total. The van der Waals surface area contributed by atoms with Crippen molar-refractivity contribution in [2.24, 2.45) is 5.41 Å². The highest BCUT2D eigenvalue weighted by Crippen LogP contribution is 2.21. The fraction of sp³-hybridized carbons (Fsp3) is 0.316. The maximum absolute atomic E-state index is 12.4. The molecule has 26 heavy (non-hydrogen) atoms. The van der Waals surface area contributed by atoms with Gasteiger partial charge in [-0.05, 0) is 35.7 Å². The molecule has 0 radical (unpaired) electrons. The molecule has 2 aromatic heterocycles. The number of imidazole rings is 1. The molecular formula is C19H24N6O. The number of urea groups is 1. The highest BCUT2D eigenvalue weighted by Gasteiger charge is 2.26. The van der Waals surface area contributed by atoms with E-state index in [4.69, 9.17) is 0 Å². The Labute approximate surface area is 153 Å². The normalized spacial score (nSPS) is 12.6. The number of carbonyl (C=O) groups is 1. The molecule has 3 aromatic rings. The maximum atomic E-state index is 12.4. The molecule has 0 saturated heterocycles. The van der Waals surface area contributed by atoms with Gasteiger partial charge in [0.2, 0.25) is 0 Å². The van der Waals surface area contributed by atoms with Crippen molar-refractivity contribution in [2.75, 3.05) is 5.32 Å².